The summed E-state index contributed by atoms with van der Waals surface area (Å²) in [5.41, 5.74) is 6.46. The van der Waals surface area contributed by atoms with Gasteiger partial charge in [-0.25, -0.2) is 4.39 Å². The molecule has 0 aliphatic heterocycles. The van der Waals surface area contributed by atoms with Crippen molar-refractivity contribution in [2.75, 3.05) is 7.11 Å². The molecule has 0 spiro atoms. The molecule has 0 fully saturated rings. The first-order valence-electron chi connectivity index (χ1n) is 5.35. The zero-order valence-electron chi connectivity index (χ0n) is 9.81. The molecule has 0 saturated heterocycles. The van der Waals surface area contributed by atoms with Gasteiger partial charge in [-0.2, -0.15) is 0 Å². The van der Waals surface area contributed by atoms with Gasteiger partial charge in [-0.3, -0.25) is 4.79 Å². The molecular formula is C14H12FNO2. The van der Waals surface area contributed by atoms with Gasteiger partial charge < -0.3 is 10.5 Å². The Balaban J connectivity index is 2.39. The number of hydrogen-bond acceptors (Lipinski definition) is 2. The Bertz CT molecular complexity index is 579. The number of carbonyl (C=O) groups excluding carboxylic acids is 1. The van der Waals surface area contributed by atoms with Crippen LogP contribution < -0.4 is 10.5 Å². The van der Waals surface area contributed by atoms with E-state index in [0.717, 1.165) is 11.3 Å². The third-order valence-electron chi connectivity index (χ3n) is 2.66. The maximum absolute atomic E-state index is 13.6. The van der Waals surface area contributed by atoms with Crippen LogP contribution in [0.2, 0.25) is 0 Å². The summed E-state index contributed by atoms with van der Waals surface area (Å²) in [6.07, 6.45) is 0. The molecule has 0 atom stereocenters. The molecule has 92 valence electrons. The van der Waals surface area contributed by atoms with Crippen LogP contribution in [-0.2, 0) is 0 Å². The lowest BCUT2D eigenvalue weighted by Crippen LogP contribution is -2.12. The highest BCUT2D eigenvalue weighted by Gasteiger charge is 2.09. The van der Waals surface area contributed by atoms with Gasteiger partial charge in [0.15, 0.2) is 0 Å². The molecule has 0 saturated carbocycles. The minimum Gasteiger partial charge on any atom is -0.497 e. The molecule has 1 amide bonds. The number of rotatable bonds is 3. The van der Waals surface area contributed by atoms with Gasteiger partial charge in [0.2, 0.25) is 0 Å². The van der Waals surface area contributed by atoms with Gasteiger partial charge in [0.05, 0.1) is 12.7 Å². The average Bonchev–Trinajstić information content (AvgIpc) is 2.38. The van der Waals surface area contributed by atoms with E-state index in [1.807, 2.05) is 12.1 Å². The zero-order valence-corrected chi connectivity index (χ0v) is 9.81. The summed E-state index contributed by atoms with van der Waals surface area (Å²) in [6.45, 7) is 0. The maximum atomic E-state index is 13.6. The first kappa shape index (κ1) is 12.1. The molecular weight excluding hydrogens is 233 g/mol. The molecule has 0 aliphatic rings. The molecule has 4 heteroatoms. The SMILES string of the molecule is COc1ccc(-c2ccc(C(N)=O)c(F)c2)cc1. The van der Waals surface area contributed by atoms with Crippen molar-refractivity contribution in [3.8, 4) is 16.9 Å². The summed E-state index contributed by atoms with van der Waals surface area (Å²) in [7, 11) is 1.58. The predicted molar refractivity (Wildman–Crippen MR) is 66.9 cm³/mol. The Morgan fingerprint density at radius 2 is 1.72 bits per heavy atom. The summed E-state index contributed by atoms with van der Waals surface area (Å²) in [4.78, 5) is 10.9. The van der Waals surface area contributed by atoms with Crippen molar-refractivity contribution in [3.05, 3.63) is 53.8 Å². The lowest BCUT2D eigenvalue weighted by atomic mass is 10.0. The number of hydrogen-bond donors (Lipinski definition) is 1. The molecule has 0 heterocycles. The number of benzene rings is 2. The molecule has 0 aliphatic carbocycles. The van der Waals surface area contributed by atoms with Gasteiger partial charge in [0, 0.05) is 0 Å². The quantitative estimate of drug-likeness (QED) is 0.903. The van der Waals surface area contributed by atoms with Crippen molar-refractivity contribution >= 4 is 5.91 Å². The van der Waals surface area contributed by atoms with Crippen molar-refractivity contribution in [1.82, 2.24) is 0 Å². The van der Waals surface area contributed by atoms with Crippen LogP contribution in [0.1, 0.15) is 10.4 Å². The highest BCUT2D eigenvalue weighted by atomic mass is 19.1. The van der Waals surface area contributed by atoms with E-state index in [1.54, 1.807) is 25.3 Å². The highest BCUT2D eigenvalue weighted by Crippen LogP contribution is 2.24. The van der Waals surface area contributed by atoms with Crippen LogP contribution in [-0.4, -0.2) is 13.0 Å². The van der Waals surface area contributed by atoms with Gasteiger partial charge in [-0.1, -0.05) is 18.2 Å². The summed E-state index contributed by atoms with van der Waals surface area (Å²) >= 11 is 0. The molecule has 0 bridgehead atoms. The molecule has 2 aromatic rings. The van der Waals surface area contributed by atoms with Crippen LogP contribution in [0.3, 0.4) is 0 Å². The Morgan fingerprint density at radius 1 is 1.11 bits per heavy atom. The average molecular weight is 245 g/mol. The van der Waals surface area contributed by atoms with E-state index in [0.29, 0.717) is 5.56 Å². The van der Waals surface area contributed by atoms with Crippen LogP contribution >= 0.6 is 0 Å². The van der Waals surface area contributed by atoms with Crippen molar-refractivity contribution in [2.24, 2.45) is 5.73 Å². The largest absolute Gasteiger partial charge is 0.497 e. The molecule has 3 nitrogen and oxygen atoms in total. The third kappa shape index (κ3) is 2.32. The molecule has 2 N–H and O–H groups in total. The fourth-order valence-corrected chi connectivity index (χ4v) is 1.68. The number of ether oxygens (including phenoxy) is 1. The van der Waals surface area contributed by atoms with Crippen molar-refractivity contribution in [3.63, 3.8) is 0 Å². The molecule has 0 aromatic heterocycles. The van der Waals surface area contributed by atoms with Gasteiger partial charge in [-0.05, 0) is 35.4 Å². The van der Waals surface area contributed by atoms with Gasteiger partial charge >= 0.3 is 0 Å². The van der Waals surface area contributed by atoms with E-state index in [9.17, 15) is 9.18 Å². The standard InChI is InChI=1S/C14H12FNO2/c1-18-11-5-2-9(3-6-11)10-4-7-12(14(16)17)13(15)8-10/h2-8H,1H3,(H2,16,17). The molecule has 0 radical (unpaired) electrons. The minimum absolute atomic E-state index is 0.104. The minimum atomic E-state index is -0.770. The lowest BCUT2D eigenvalue weighted by Gasteiger charge is -2.05. The number of halogens is 1. The van der Waals surface area contributed by atoms with E-state index < -0.39 is 11.7 Å². The number of nitrogens with two attached hydrogens (primary N) is 1. The summed E-state index contributed by atoms with van der Waals surface area (Å²) in [5.74, 6) is -0.655. The number of amides is 1. The second-order valence-corrected chi connectivity index (χ2v) is 3.79. The van der Waals surface area contributed by atoms with Crippen LogP contribution in [0.4, 0.5) is 4.39 Å². The van der Waals surface area contributed by atoms with Crippen LogP contribution in [0, 0.1) is 5.82 Å². The monoisotopic (exact) mass is 245 g/mol. The molecule has 18 heavy (non-hydrogen) atoms. The third-order valence-corrected chi connectivity index (χ3v) is 2.66. The second kappa shape index (κ2) is 4.87. The van der Waals surface area contributed by atoms with E-state index in [4.69, 9.17) is 10.5 Å². The zero-order chi connectivity index (χ0) is 13.1. The first-order valence-corrected chi connectivity index (χ1v) is 5.35. The van der Waals surface area contributed by atoms with Crippen LogP contribution in [0.25, 0.3) is 11.1 Å². The highest BCUT2D eigenvalue weighted by molar-refractivity contribution is 5.93. The Labute approximate surface area is 104 Å². The second-order valence-electron chi connectivity index (χ2n) is 3.79. The summed E-state index contributed by atoms with van der Waals surface area (Å²) in [6, 6.07) is 11.5. The van der Waals surface area contributed by atoms with E-state index in [-0.39, 0.29) is 5.56 Å². The predicted octanol–water partition coefficient (Wildman–Crippen LogP) is 2.60. The van der Waals surface area contributed by atoms with E-state index in [2.05, 4.69) is 0 Å². The Hall–Kier alpha value is -2.36. The smallest absolute Gasteiger partial charge is 0.251 e. The normalized spacial score (nSPS) is 10.1. The topological polar surface area (TPSA) is 52.3 Å². The fourth-order valence-electron chi connectivity index (χ4n) is 1.68. The molecule has 2 rings (SSSR count). The molecule has 2 aromatic carbocycles. The van der Waals surface area contributed by atoms with Crippen LogP contribution in [0.15, 0.2) is 42.5 Å². The fraction of sp³-hybridized carbons (Fsp3) is 0.0714. The maximum Gasteiger partial charge on any atom is 0.251 e. The van der Waals surface area contributed by atoms with Gasteiger partial charge in [0.25, 0.3) is 5.91 Å². The first-order chi connectivity index (χ1) is 8.61. The Kier molecular flexibility index (Phi) is 3.28. The summed E-state index contributed by atoms with van der Waals surface area (Å²) < 4.78 is 18.7. The van der Waals surface area contributed by atoms with Crippen molar-refractivity contribution < 1.29 is 13.9 Å². The van der Waals surface area contributed by atoms with Gasteiger partial charge in [0.1, 0.15) is 11.6 Å². The number of carbonyl (C=O) groups is 1. The summed E-state index contributed by atoms with van der Waals surface area (Å²) in [5, 5.41) is 0. The van der Waals surface area contributed by atoms with Crippen LogP contribution in [0.5, 0.6) is 5.75 Å². The van der Waals surface area contributed by atoms with E-state index in [1.165, 1.54) is 12.1 Å². The van der Waals surface area contributed by atoms with E-state index >= 15 is 0 Å². The Morgan fingerprint density at radius 3 is 2.22 bits per heavy atom. The van der Waals surface area contributed by atoms with Gasteiger partial charge in [-0.15, -0.1) is 0 Å². The number of primary amides is 1. The number of methoxy groups -OCH3 is 1. The van der Waals surface area contributed by atoms with Crippen molar-refractivity contribution in [1.29, 1.82) is 0 Å². The van der Waals surface area contributed by atoms with Crippen molar-refractivity contribution in [2.45, 2.75) is 0 Å². The lowest BCUT2D eigenvalue weighted by molar-refractivity contribution is 0.0996. The molecule has 0 unspecified atom stereocenters.